The average Bonchev–Trinajstić information content (AvgIpc) is 2.58. The van der Waals surface area contributed by atoms with Gasteiger partial charge in [-0.05, 0) is 13.5 Å². The molecule has 0 N–H and O–H groups in total. The minimum Gasteiger partial charge on any atom is -0.465 e. The zero-order valence-corrected chi connectivity index (χ0v) is 11.2. The lowest BCUT2D eigenvalue weighted by atomic mass is 10.2. The van der Waals surface area contributed by atoms with Gasteiger partial charge in [0.1, 0.15) is 6.04 Å². The number of likely N-dealkylation sites (N-methyl/N-ethyl adjacent to an activating group) is 1. The Balaban J connectivity index is 2.65. The molecule has 1 aliphatic rings. The second kappa shape index (κ2) is 5.79. The molecule has 0 amide bonds. The van der Waals surface area contributed by atoms with E-state index in [1.165, 1.54) is 0 Å². The molecule has 1 fully saturated rings. The zero-order valence-electron chi connectivity index (χ0n) is 10.4. The van der Waals surface area contributed by atoms with Gasteiger partial charge < -0.3 is 4.74 Å². The van der Waals surface area contributed by atoms with E-state index in [1.54, 1.807) is 6.92 Å². The van der Waals surface area contributed by atoms with E-state index in [9.17, 15) is 13.2 Å². The molecule has 1 rings (SSSR count). The second-order valence-electron chi connectivity index (χ2n) is 4.01. The average molecular weight is 265 g/mol. The summed E-state index contributed by atoms with van der Waals surface area (Å²) in [7, 11) is -3.48. The van der Waals surface area contributed by atoms with Crippen LogP contribution in [0.1, 0.15) is 20.3 Å². The molecule has 1 saturated heterocycles. The van der Waals surface area contributed by atoms with E-state index in [0.717, 1.165) is 6.26 Å². The van der Waals surface area contributed by atoms with Crippen LogP contribution in [0.3, 0.4) is 0 Å². The highest BCUT2D eigenvalue weighted by Crippen LogP contribution is 2.22. The van der Waals surface area contributed by atoms with Crippen molar-refractivity contribution in [3.8, 4) is 0 Å². The van der Waals surface area contributed by atoms with Crippen molar-refractivity contribution in [3.05, 3.63) is 0 Å². The van der Waals surface area contributed by atoms with Gasteiger partial charge in [-0.2, -0.15) is 8.42 Å². The first-order chi connectivity index (χ1) is 7.87. The highest BCUT2D eigenvalue weighted by molar-refractivity contribution is 7.86. The van der Waals surface area contributed by atoms with E-state index in [-0.39, 0.29) is 5.97 Å². The number of nitrogens with zero attached hydrogens (tertiary/aromatic N) is 1. The van der Waals surface area contributed by atoms with Crippen LogP contribution in [-0.2, 0) is 23.8 Å². The van der Waals surface area contributed by atoms with Crippen molar-refractivity contribution in [2.75, 3.05) is 26.0 Å². The lowest BCUT2D eigenvalue weighted by Crippen LogP contribution is -2.37. The molecule has 1 heterocycles. The Morgan fingerprint density at radius 1 is 1.41 bits per heavy atom. The summed E-state index contributed by atoms with van der Waals surface area (Å²) in [5.74, 6) is -0.311. The Morgan fingerprint density at radius 2 is 2.06 bits per heavy atom. The van der Waals surface area contributed by atoms with E-state index in [1.807, 2.05) is 11.8 Å². The van der Waals surface area contributed by atoms with Crippen molar-refractivity contribution in [2.24, 2.45) is 0 Å². The first-order valence-corrected chi connectivity index (χ1v) is 7.48. The molecule has 0 saturated carbocycles. The van der Waals surface area contributed by atoms with E-state index < -0.39 is 22.3 Å². The maximum absolute atomic E-state index is 11.7. The minimum atomic E-state index is -3.48. The molecule has 7 heteroatoms. The summed E-state index contributed by atoms with van der Waals surface area (Å²) >= 11 is 0. The smallest absolute Gasteiger partial charge is 0.323 e. The molecule has 0 aromatic rings. The van der Waals surface area contributed by atoms with Crippen molar-refractivity contribution in [1.29, 1.82) is 0 Å². The number of carbonyl (C=O) groups excluding carboxylic acids is 1. The van der Waals surface area contributed by atoms with E-state index in [2.05, 4.69) is 0 Å². The largest absolute Gasteiger partial charge is 0.465 e. The fourth-order valence-corrected chi connectivity index (χ4v) is 2.65. The number of esters is 1. The first-order valence-electron chi connectivity index (χ1n) is 5.66. The fourth-order valence-electron chi connectivity index (χ4n) is 2.01. The standard InChI is InChI=1S/C10H19NO5S/c1-4-11-7-8(16-17(3,13)14)6-9(11)10(12)15-5-2/h8-9H,4-7H2,1-3H3/t8-,9+/m0/s1. The van der Waals surface area contributed by atoms with Crippen LogP contribution < -0.4 is 0 Å². The van der Waals surface area contributed by atoms with Gasteiger partial charge in [0, 0.05) is 13.0 Å². The monoisotopic (exact) mass is 265 g/mol. The molecule has 2 atom stereocenters. The van der Waals surface area contributed by atoms with Gasteiger partial charge in [-0.15, -0.1) is 0 Å². The Hall–Kier alpha value is -0.660. The van der Waals surface area contributed by atoms with Gasteiger partial charge in [-0.3, -0.25) is 13.9 Å². The third-order valence-corrected chi connectivity index (χ3v) is 3.26. The molecule has 0 aliphatic carbocycles. The van der Waals surface area contributed by atoms with Gasteiger partial charge >= 0.3 is 5.97 Å². The molecule has 6 nitrogen and oxygen atoms in total. The summed E-state index contributed by atoms with van der Waals surface area (Å²) in [5.41, 5.74) is 0. The predicted octanol–water partition coefficient (Wildman–Crippen LogP) is -0.0115. The van der Waals surface area contributed by atoms with Gasteiger partial charge in [-0.25, -0.2) is 0 Å². The lowest BCUT2D eigenvalue weighted by molar-refractivity contribution is -0.148. The predicted molar refractivity (Wildman–Crippen MR) is 62.0 cm³/mol. The number of hydrogen-bond acceptors (Lipinski definition) is 6. The van der Waals surface area contributed by atoms with Crippen LogP contribution >= 0.6 is 0 Å². The summed E-state index contributed by atoms with van der Waals surface area (Å²) in [6.45, 7) is 5.08. The van der Waals surface area contributed by atoms with Crippen LogP contribution in [0.5, 0.6) is 0 Å². The van der Waals surface area contributed by atoms with Crippen molar-refractivity contribution in [2.45, 2.75) is 32.4 Å². The maximum Gasteiger partial charge on any atom is 0.323 e. The van der Waals surface area contributed by atoms with Crippen LogP contribution in [0.2, 0.25) is 0 Å². The number of ether oxygens (including phenoxy) is 1. The first kappa shape index (κ1) is 14.4. The second-order valence-corrected chi connectivity index (χ2v) is 5.61. The Bertz CT molecular complexity index is 367. The summed E-state index contributed by atoms with van der Waals surface area (Å²) in [6, 6.07) is -0.397. The topological polar surface area (TPSA) is 72.9 Å². The number of likely N-dealkylation sites (tertiary alicyclic amines) is 1. The molecule has 0 unspecified atom stereocenters. The van der Waals surface area contributed by atoms with Crippen LogP contribution in [0, 0.1) is 0 Å². The summed E-state index contributed by atoms with van der Waals surface area (Å²) in [5, 5.41) is 0. The van der Waals surface area contributed by atoms with E-state index >= 15 is 0 Å². The number of hydrogen-bond donors (Lipinski definition) is 0. The van der Waals surface area contributed by atoms with Crippen LogP contribution in [0.4, 0.5) is 0 Å². The van der Waals surface area contributed by atoms with Gasteiger partial charge in [0.25, 0.3) is 10.1 Å². The normalized spacial score (nSPS) is 26.1. The third-order valence-electron chi connectivity index (χ3n) is 2.64. The molecule has 0 bridgehead atoms. The van der Waals surface area contributed by atoms with Crippen LogP contribution in [0.15, 0.2) is 0 Å². The van der Waals surface area contributed by atoms with Gasteiger partial charge in [-0.1, -0.05) is 6.92 Å². The van der Waals surface area contributed by atoms with Crippen LogP contribution in [-0.4, -0.2) is 57.4 Å². The molecular formula is C10H19NO5S. The third kappa shape index (κ3) is 4.25. The minimum absolute atomic E-state index is 0.311. The molecule has 0 aromatic heterocycles. The number of rotatable bonds is 5. The highest BCUT2D eigenvalue weighted by Gasteiger charge is 2.38. The Kier molecular flexibility index (Phi) is 4.91. The van der Waals surface area contributed by atoms with E-state index in [4.69, 9.17) is 8.92 Å². The van der Waals surface area contributed by atoms with Crippen molar-refractivity contribution >= 4 is 16.1 Å². The van der Waals surface area contributed by atoms with Crippen molar-refractivity contribution in [3.63, 3.8) is 0 Å². The Labute approximate surface area is 102 Å². The molecule has 0 spiro atoms. The zero-order chi connectivity index (χ0) is 13.1. The Morgan fingerprint density at radius 3 is 2.53 bits per heavy atom. The molecule has 1 aliphatic heterocycles. The molecule has 0 aromatic carbocycles. The maximum atomic E-state index is 11.7. The summed E-state index contributed by atoms with van der Waals surface area (Å²) in [6.07, 6.45) is 0.917. The van der Waals surface area contributed by atoms with Gasteiger partial charge in [0.2, 0.25) is 0 Å². The van der Waals surface area contributed by atoms with Crippen molar-refractivity contribution < 1.29 is 22.1 Å². The molecular weight excluding hydrogens is 246 g/mol. The SMILES string of the molecule is CCOC(=O)[C@H]1C[C@H](OS(C)(=O)=O)CN1CC. The van der Waals surface area contributed by atoms with Crippen LogP contribution in [0.25, 0.3) is 0 Å². The quantitative estimate of drug-likeness (QED) is 0.514. The fraction of sp³-hybridized carbons (Fsp3) is 0.900. The molecule has 100 valence electrons. The van der Waals surface area contributed by atoms with E-state index in [0.29, 0.717) is 26.1 Å². The summed E-state index contributed by atoms with van der Waals surface area (Å²) in [4.78, 5) is 13.5. The van der Waals surface area contributed by atoms with Gasteiger partial charge in [0.05, 0.1) is 19.0 Å². The lowest BCUT2D eigenvalue weighted by Gasteiger charge is -2.20. The van der Waals surface area contributed by atoms with Crippen molar-refractivity contribution in [1.82, 2.24) is 4.90 Å². The molecule has 17 heavy (non-hydrogen) atoms. The van der Waals surface area contributed by atoms with Gasteiger partial charge in [0.15, 0.2) is 0 Å². The number of carbonyl (C=O) groups is 1. The molecule has 0 radical (unpaired) electrons. The summed E-state index contributed by atoms with van der Waals surface area (Å²) < 4.78 is 31.9. The highest BCUT2D eigenvalue weighted by atomic mass is 32.2.